The lowest BCUT2D eigenvalue weighted by Crippen LogP contribution is -2.20. The highest BCUT2D eigenvalue weighted by atomic mass is 32.2. The van der Waals surface area contributed by atoms with Gasteiger partial charge in [0.1, 0.15) is 0 Å². The Morgan fingerprint density at radius 2 is 1.27 bits per heavy atom. The van der Waals surface area contributed by atoms with Crippen molar-refractivity contribution in [3.63, 3.8) is 0 Å². The van der Waals surface area contributed by atoms with Gasteiger partial charge in [-0.05, 0) is 48.9 Å². The van der Waals surface area contributed by atoms with Crippen molar-refractivity contribution in [3.8, 4) is 0 Å². The molecule has 4 nitrogen and oxygen atoms in total. The fraction of sp³-hybridized carbons (Fsp3) is 0.200. The summed E-state index contributed by atoms with van der Waals surface area (Å²) in [5.41, 5.74) is 2.11. The molecule has 2 N–H and O–H groups in total. The summed E-state index contributed by atoms with van der Waals surface area (Å²) in [6.45, 7) is 3.89. The molecule has 0 aliphatic heterocycles. The maximum absolute atomic E-state index is 12.5. The SMILES string of the molecule is C=C1[C@H](C(=O)Nc2cccc(SC)c2)[C@@H]1C(=O)Nc1cccc(SC)c1. The Hall–Kier alpha value is -2.18. The maximum atomic E-state index is 12.5. The van der Waals surface area contributed by atoms with Gasteiger partial charge in [0.2, 0.25) is 11.8 Å². The second-order valence-corrected chi connectivity index (χ2v) is 7.73. The lowest BCUT2D eigenvalue weighted by Gasteiger charge is -2.07. The van der Waals surface area contributed by atoms with Crippen molar-refractivity contribution in [3.05, 3.63) is 60.7 Å². The van der Waals surface area contributed by atoms with Crippen LogP contribution in [-0.4, -0.2) is 24.3 Å². The quantitative estimate of drug-likeness (QED) is 0.568. The minimum atomic E-state index is -0.475. The van der Waals surface area contributed by atoms with E-state index in [1.807, 2.05) is 61.0 Å². The third-order valence-electron chi connectivity index (χ3n) is 4.26. The highest BCUT2D eigenvalue weighted by molar-refractivity contribution is 7.98. The first-order chi connectivity index (χ1) is 12.5. The van der Waals surface area contributed by atoms with Crippen LogP contribution in [-0.2, 0) is 9.59 Å². The summed E-state index contributed by atoms with van der Waals surface area (Å²) in [4.78, 5) is 27.1. The number of hydrogen-bond donors (Lipinski definition) is 2. The van der Waals surface area contributed by atoms with Crippen molar-refractivity contribution in [1.29, 1.82) is 0 Å². The Kier molecular flexibility index (Phi) is 5.74. The molecular weight excluding hydrogens is 364 g/mol. The molecule has 1 saturated carbocycles. The van der Waals surface area contributed by atoms with Crippen molar-refractivity contribution in [2.75, 3.05) is 23.1 Å². The summed E-state index contributed by atoms with van der Waals surface area (Å²) in [7, 11) is 0. The predicted molar refractivity (Wildman–Crippen MR) is 110 cm³/mol. The summed E-state index contributed by atoms with van der Waals surface area (Å²) in [6, 6.07) is 15.3. The van der Waals surface area contributed by atoms with Crippen LogP contribution in [0.5, 0.6) is 0 Å². The van der Waals surface area contributed by atoms with E-state index in [1.165, 1.54) is 0 Å². The van der Waals surface area contributed by atoms with Crippen LogP contribution in [0.1, 0.15) is 0 Å². The molecule has 1 aliphatic rings. The first-order valence-electron chi connectivity index (χ1n) is 8.12. The first kappa shape index (κ1) is 18.6. The third-order valence-corrected chi connectivity index (χ3v) is 5.71. The van der Waals surface area contributed by atoms with Crippen LogP contribution >= 0.6 is 23.5 Å². The summed E-state index contributed by atoms with van der Waals surface area (Å²) in [5.74, 6) is -1.33. The van der Waals surface area contributed by atoms with Gasteiger partial charge in [-0.2, -0.15) is 0 Å². The zero-order valence-corrected chi connectivity index (χ0v) is 16.2. The minimum absolute atomic E-state index is 0.189. The number of nitrogens with one attached hydrogen (secondary N) is 2. The van der Waals surface area contributed by atoms with E-state index in [0.717, 1.165) is 21.2 Å². The summed E-state index contributed by atoms with van der Waals surface area (Å²) >= 11 is 3.22. The van der Waals surface area contributed by atoms with Gasteiger partial charge in [0, 0.05) is 21.2 Å². The lowest BCUT2D eigenvalue weighted by atomic mass is 10.2. The topological polar surface area (TPSA) is 58.2 Å². The zero-order valence-electron chi connectivity index (χ0n) is 14.6. The molecule has 6 heteroatoms. The van der Waals surface area contributed by atoms with Crippen LogP contribution in [0.3, 0.4) is 0 Å². The highest BCUT2D eigenvalue weighted by Crippen LogP contribution is 2.45. The van der Waals surface area contributed by atoms with E-state index < -0.39 is 11.8 Å². The largest absolute Gasteiger partial charge is 0.326 e. The van der Waals surface area contributed by atoms with Crippen molar-refractivity contribution in [2.45, 2.75) is 9.79 Å². The average Bonchev–Trinajstić information content (AvgIpc) is 3.33. The van der Waals surface area contributed by atoms with Crippen LogP contribution < -0.4 is 10.6 Å². The highest BCUT2D eigenvalue weighted by Gasteiger charge is 2.52. The fourth-order valence-corrected chi connectivity index (χ4v) is 3.71. The molecule has 0 heterocycles. The number of carbonyl (C=O) groups is 2. The number of hydrogen-bond acceptors (Lipinski definition) is 4. The molecule has 3 rings (SSSR count). The number of thioether (sulfide) groups is 2. The molecule has 2 amide bonds. The molecule has 2 atom stereocenters. The third kappa shape index (κ3) is 4.14. The summed E-state index contributed by atoms with van der Waals surface area (Å²) in [6.07, 6.45) is 3.96. The van der Waals surface area contributed by atoms with Crippen molar-refractivity contribution in [2.24, 2.45) is 11.8 Å². The monoisotopic (exact) mass is 384 g/mol. The van der Waals surface area contributed by atoms with E-state index in [2.05, 4.69) is 17.2 Å². The van der Waals surface area contributed by atoms with E-state index in [1.54, 1.807) is 23.5 Å². The molecule has 1 fully saturated rings. The standard InChI is InChI=1S/C20H20N2O2S2/c1-12-17(19(23)21-13-6-4-8-15(10-13)25-2)18(12)20(24)22-14-7-5-9-16(11-14)26-3/h4-11,17-18H,1H2,2-3H3,(H,21,23)(H,22,24)/t17-,18+. The molecule has 0 unspecified atom stereocenters. The van der Waals surface area contributed by atoms with E-state index in [0.29, 0.717) is 5.57 Å². The molecular formula is C20H20N2O2S2. The van der Waals surface area contributed by atoms with E-state index in [4.69, 9.17) is 0 Å². The van der Waals surface area contributed by atoms with Gasteiger partial charge in [-0.3, -0.25) is 9.59 Å². The smallest absolute Gasteiger partial charge is 0.232 e. The molecule has 0 saturated heterocycles. The fourth-order valence-electron chi connectivity index (χ4n) is 2.80. The van der Waals surface area contributed by atoms with E-state index in [9.17, 15) is 9.59 Å². The van der Waals surface area contributed by atoms with Gasteiger partial charge in [0.15, 0.2) is 0 Å². The Morgan fingerprint density at radius 1 is 0.846 bits per heavy atom. The van der Waals surface area contributed by atoms with Gasteiger partial charge in [-0.1, -0.05) is 24.3 Å². The van der Waals surface area contributed by atoms with Gasteiger partial charge < -0.3 is 10.6 Å². The van der Waals surface area contributed by atoms with E-state index >= 15 is 0 Å². The van der Waals surface area contributed by atoms with Crippen LogP contribution in [0.25, 0.3) is 0 Å². The molecule has 0 radical (unpaired) electrons. The number of amides is 2. The number of benzene rings is 2. The Bertz CT molecular complexity index is 797. The van der Waals surface area contributed by atoms with Crippen LogP contribution in [0.4, 0.5) is 11.4 Å². The van der Waals surface area contributed by atoms with E-state index in [-0.39, 0.29) is 11.8 Å². The Balaban J connectivity index is 1.62. The second-order valence-electron chi connectivity index (χ2n) is 5.97. The van der Waals surface area contributed by atoms with Crippen molar-refractivity contribution in [1.82, 2.24) is 0 Å². The predicted octanol–water partition coefficient (Wildman–Crippen LogP) is 4.51. The Labute approximate surface area is 161 Å². The molecule has 26 heavy (non-hydrogen) atoms. The number of carbonyl (C=O) groups excluding carboxylic acids is 2. The summed E-state index contributed by atoms with van der Waals surface area (Å²) in [5, 5.41) is 5.76. The molecule has 0 bridgehead atoms. The molecule has 0 spiro atoms. The zero-order chi connectivity index (χ0) is 18.7. The van der Waals surface area contributed by atoms with Crippen molar-refractivity contribution >= 4 is 46.7 Å². The first-order valence-corrected chi connectivity index (χ1v) is 10.6. The van der Waals surface area contributed by atoms with Gasteiger partial charge in [0.05, 0.1) is 11.8 Å². The molecule has 1 aliphatic carbocycles. The number of rotatable bonds is 6. The molecule has 2 aromatic carbocycles. The second kappa shape index (κ2) is 8.01. The van der Waals surface area contributed by atoms with Gasteiger partial charge in [-0.15, -0.1) is 23.5 Å². The van der Waals surface area contributed by atoms with Gasteiger partial charge in [0.25, 0.3) is 0 Å². The molecule has 0 aromatic heterocycles. The van der Waals surface area contributed by atoms with Gasteiger partial charge in [-0.25, -0.2) is 0 Å². The average molecular weight is 385 g/mol. The number of anilines is 2. The summed E-state index contributed by atoms with van der Waals surface area (Å²) < 4.78 is 0. The van der Waals surface area contributed by atoms with Crippen molar-refractivity contribution < 1.29 is 9.59 Å². The maximum Gasteiger partial charge on any atom is 0.232 e. The molecule has 134 valence electrons. The normalized spacial score (nSPS) is 18.3. The van der Waals surface area contributed by atoms with Crippen LogP contribution in [0, 0.1) is 11.8 Å². The van der Waals surface area contributed by atoms with Crippen LogP contribution in [0.15, 0.2) is 70.5 Å². The van der Waals surface area contributed by atoms with Gasteiger partial charge >= 0.3 is 0 Å². The molecule has 2 aromatic rings. The Morgan fingerprint density at radius 3 is 1.65 bits per heavy atom. The minimum Gasteiger partial charge on any atom is -0.326 e. The van der Waals surface area contributed by atoms with Crippen LogP contribution in [0.2, 0.25) is 0 Å². The lowest BCUT2D eigenvalue weighted by molar-refractivity contribution is -0.122.